The predicted octanol–water partition coefficient (Wildman–Crippen LogP) is 4.92. The van der Waals surface area contributed by atoms with Gasteiger partial charge < -0.3 is 0 Å². The third-order valence-electron chi connectivity index (χ3n) is 3.86. The topological polar surface area (TPSA) is 30.2 Å². The van der Waals surface area contributed by atoms with Gasteiger partial charge in [-0.1, -0.05) is 54.0 Å². The first kappa shape index (κ1) is 12.8. The van der Waals surface area contributed by atoms with Crippen LogP contribution in [0.25, 0.3) is 27.3 Å². The fourth-order valence-electron chi connectivity index (χ4n) is 2.91. The molecule has 0 amide bonds. The summed E-state index contributed by atoms with van der Waals surface area (Å²) in [5.41, 5.74) is 2.09. The maximum Gasteiger partial charge on any atom is 0.169 e. The number of aromatic nitrogens is 3. The molecule has 0 aliphatic heterocycles. The van der Waals surface area contributed by atoms with E-state index in [1.165, 1.54) is 10.8 Å². The third-order valence-corrected chi connectivity index (χ3v) is 4.36. The average Bonchev–Trinajstić information content (AvgIpc) is 2.92. The Morgan fingerprint density at radius 2 is 1.71 bits per heavy atom. The minimum absolute atomic E-state index is 0.327. The van der Waals surface area contributed by atoms with E-state index in [9.17, 15) is 0 Å². The Labute approximate surface area is 130 Å². The summed E-state index contributed by atoms with van der Waals surface area (Å²) in [7, 11) is 0. The number of benzene rings is 2. The molecule has 0 fully saturated rings. The normalized spacial score (nSPS) is 12.0. The molecular weight excluding hydrogens is 326 g/mol. The van der Waals surface area contributed by atoms with Crippen LogP contribution in [-0.4, -0.2) is 14.6 Å². The average molecular weight is 340 g/mol. The highest BCUT2D eigenvalue weighted by Crippen LogP contribution is 2.32. The van der Waals surface area contributed by atoms with Gasteiger partial charge in [-0.05, 0) is 23.6 Å². The van der Waals surface area contributed by atoms with E-state index < -0.39 is 0 Å². The molecule has 0 saturated carbocycles. The van der Waals surface area contributed by atoms with E-state index in [1.54, 1.807) is 0 Å². The van der Waals surface area contributed by atoms with Gasteiger partial charge in [-0.15, -0.1) is 10.2 Å². The van der Waals surface area contributed by atoms with Crippen molar-refractivity contribution in [1.29, 1.82) is 0 Å². The van der Waals surface area contributed by atoms with Crippen LogP contribution in [0.5, 0.6) is 0 Å². The Morgan fingerprint density at radius 1 is 0.952 bits per heavy atom. The number of nitrogens with zero attached hydrogens (tertiary/aromatic N) is 3. The largest absolute Gasteiger partial charge is 0.278 e. The minimum atomic E-state index is 0.327. The SMILES string of the molecule is CC(C)c1nnc2c3ccccc3c3cc(Br)ccc3n12. The molecule has 3 nitrogen and oxygen atoms in total. The molecule has 2 aromatic heterocycles. The van der Waals surface area contributed by atoms with Gasteiger partial charge >= 0.3 is 0 Å². The zero-order chi connectivity index (χ0) is 14.6. The van der Waals surface area contributed by atoms with Crippen LogP contribution in [0, 0.1) is 0 Å². The second-order valence-corrected chi connectivity index (χ2v) is 6.49. The highest BCUT2D eigenvalue weighted by Gasteiger charge is 2.16. The molecule has 0 aliphatic rings. The fraction of sp³-hybridized carbons (Fsp3) is 0.176. The molecule has 104 valence electrons. The molecule has 0 atom stereocenters. The Bertz CT molecular complexity index is 986. The Kier molecular flexibility index (Phi) is 2.76. The van der Waals surface area contributed by atoms with Crippen LogP contribution in [0.15, 0.2) is 46.9 Å². The van der Waals surface area contributed by atoms with E-state index in [1.807, 2.05) is 0 Å². The fourth-order valence-corrected chi connectivity index (χ4v) is 3.28. The second-order valence-electron chi connectivity index (χ2n) is 5.58. The highest BCUT2D eigenvalue weighted by atomic mass is 79.9. The predicted molar refractivity (Wildman–Crippen MR) is 89.8 cm³/mol. The second kappa shape index (κ2) is 4.53. The van der Waals surface area contributed by atoms with Crippen LogP contribution >= 0.6 is 15.9 Å². The number of pyridine rings is 1. The number of rotatable bonds is 1. The van der Waals surface area contributed by atoms with E-state index in [-0.39, 0.29) is 0 Å². The Morgan fingerprint density at radius 3 is 2.48 bits per heavy atom. The molecule has 0 saturated heterocycles. The van der Waals surface area contributed by atoms with Crippen molar-refractivity contribution < 1.29 is 0 Å². The van der Waals surface area contributed by atoms with E-state index >= 15 is 0 Å². The van der Waals surface area contributed by atoms with Crippen LogP contribution in [0.1, 0.15) is 25.6 Å². The van der Waals surface area contributed by atoms with E-state index in [0.29, 0.717) is 5.92 Å². The monoisotopic (exact) mass is 339 g/mol. The maximum absolute atomic E-state index is 4.44. The van der Waals surface area contributed by atoms with Crippen molar-refractivity contribution in [3.63, 3.8) is 0 Å². The maximum atomic E-state index is 4.44. The van der Waals surface area contributed by atoms with Gasteiger partial charge in [0.1, 0.15) is 5.82 Å². The minimum Gasteiger partial charge on any atom is -0.278 e. The van der Waals surface area contributed by atoms with Crippen molar-refractivity contribution in [2.45, 2.75) is 19.8 Å². The summed E-state index contributed by atoms with van der Waals surface area (Å²) in [6, 6.07) is 14.8. The lowest BCUT2D eigenvalue weighted by Crippen LogP contribution is -1.99. The van der Waals surface area contributed by atoms with Crippen molar-refractivity contribution >= 4 is 43.3 Å². The standard InChI is InChI=1S/C17H14BrN3/c1-10(2)16-19-20-17-13-6-4-3-5-12(13)14-9-11(18)7-8-15(14)21(16)17/h3-10H,1-2H3. The lowest BCUT2D eigenvalue weighted by atomic mass is 10.1. The van der Waals surface area contributed by atoms with Crippen molar-refractivity contribution in [3.8, 4) is 0 Å². The Balaban J connectivity index is 2.36. The van der Waals surface area contributed by atoms with E-state index in [2.05, 4.69) is 86.8 Å². The smallest absolute Gasteiger partial charge is 0.169 e. The first-order valence-corrected chi connectivity index (χ1v) is 7.81. The van der Waals surface area contributed by atoms with E-state index in [0.717, 1.165) is 26.8 Å². The first-order chi connectivity index (χ1) is 10.2. The summed E-state index contributed by atoms with van der Waals surface area (Å²) >= 11 is 3.58. The molecule has 0 unspecified atom stereocenters. The molecule has 21 heavy (non-hydrogen) atoms. The molecule has 0 radical (unpaired) electrons. The van der Waals surface area contributed by atoms with Crippen molar-refractivity contribution in [2.75, 3.05) is 0 Å². The van der Waals surface area contributed by atoms with Crippen LogP contribution in [0.4, 0.5) is 0 Å². The molecule has 4 rings (SSSR count). The summed E-state index contributed by atoms with van der Waals surface area (Å²) in [6.45, 7) is 4.30. The third kappa shape index (κ3) is 1.79. The molecule has 0 spiro atoms. The number of halogens is 1. The van der Waals surface area contributed by atoms with Crippen LogP contribution < -0.4 is 0 Å². The molecule has 4 heteroatoms. The number of hydrogen-bond donors (Lipinski definition) is 0. The lowest BCUT2D eigenvalue weighted by Gasteiger charge is -2.11. The van der Waals surface area contributed by atoms with Gasteiger partial charge in [-0.2, -0.15) is 0 Å². The van der Waals surface area contributed by atoms with Crippen LogP contribution in [-0.2, 0) is 0 Å². The highest BCUT2D eigenvalue weighted by molar-refractivity contribution is 9.10. The molecule has 0 N–H and O–H groups in total. The van der Waals surface area contributed by atoms with Crippen LogP contribution in [0.2, 0.25) is 0 Å². The lowest BCUT2D eigenvalue weighted by molar-refractivity contribution is 0.766. The molecule has 4 aromatic rings. The summed E-state index contributed by atoms with van der Waals surface area (Å²) in [5.74, 6) is 1.33. The van der Waals surface area contributed by atoms with Crippen molar-refractivity contribution in [2.24, 2.45) is 0 Å². The quantitative estimate of drug-likeness (QED) is 0.460. The van der Waals surface area contributed by atoms with Gasteiger partial charge in [0.15, 0.2) is 5.65 Å². The summed E-state index contributed by atoms with van der Waals surface area (Å²) in [4.78, 5) is 0. The van der Waals surface area contributed by atoms with Gasteiger partial charge in [0, 0.05) is 21.2 Å². The van der Waals surface area contributed by atoms with Gasteiger partial charge in [-0.3, -0.25) is 4.40 Å². The zero-order valence-corrected chi connectivity index (χ0v) is 13.4. The molecule has 0 aliphatic carbocycles. The first-order valence-electron chi connectivity index (χ1n) is 7.02. The van der Waals surface area contributed by atoms with Gasteiger partial charge in [0.05, 0.1) is 5.52 Å². The van der Waals surface area contributed by atoms with Crippen LogP contribution in [0.3, 0.4) is 0 Å². The molecule has 2 heterocycles. The summed E-state index contributed by atoms with van der Waals surface area (Å²) in [5, 5.41) is 12.4. The summed E-state index contributed by atoms with van der Waals surface area (Å²) in [6.07, 6.45) is 0. The van der Waals surface area contributed by atoms with Gasteiger partial charge in [0.25, 0.3) is 0 Å². The van der Waals surface area contributed by atoms with Gasteiger partial charge in [-0.25, -0.2) is 0 Å². The van der Waals surface area contributed by atoms with Crippen molar-refractivity contribution in [3.05, 3.63) is 52.8 Å². The number of hydrogen-bond acceptors (Lipinski definition) is 2. The summed E-state index contributed by atoms with van der Waals surface area (Å²) < 4.78 is 3.27. The zero-order valence-electron chi connectivity index (χ0n) is 11.8. The van der Waals surface area contributed by atoms with Gasteiger partial charge in [0.2, 0.25) is 0 Å². The molecule has 2 aromatic carbocycles. The van der Waals surface area contributed by atoms with E-state index in [4.69, 9.17) is 0 Å². The molecular formula is C17H14BrN3. The van der Waals surface area contributed by atoms with Crippen molar-refractivity contribution in [1.82, 2.24) is 14.6 Å². The molecule has 0 bridgehead atoms. The Hall–Kier alpha value is -1.94. The number of fused-ring (bicyclic) bond motifs is 6.